The first-order chi connectivity index (χ1) is 18.1. The zero-order valence-electron chi connectivity index (χ0n) is 21.3. The molecule has 1 amide bonds. The van der Waals surface area contributed by atoms with Crippen LogP contribution < -0.4 is 4.90 Å². The van der Waals surface area contributed by atoms with E-state index in [2.05, 4.69) is 21.9 Å². The molecule has 2 aliphatic heterocycles. The molecule has 4 nitrogen and oxygen atoms in total. The van der Waals surface area contributed by atoms with Gasteiger partial charge in [0, 0.05) is 63.8 Å². The summed E-state index contributed by atoms with van der Waals surface area (Å²) in [6.07, 6.45) is 3.27. The van der Waals surface area contributed by atoms with E-state index in [1.807, 2.05) is 41.3 Å². The van der Waals surface area contributed by atoms with Crippen molar-refractivity contribution < 1.29 is 13.6 Å². The molecule has 0 saturated carbocycles. The molecule has 0 aromatic heterocycles. The smallest absolute Gasteiger partial charge is 0.222 e. The molecular formula is C31H35F2N3O. The molecule has 5 rings (SSSR count). The predicted molar refractivity (Wildman–Crippen MR) is 144 cm³/mol. The zero-order valence-corrected chi connectivity index (χ0v) is 21.3. The van der Waals surface area contributed by atoms with Crippen molar-refractivity contribution in [2.45, 2.75) is 31.6 Å². The summed E-state index contributed by atoms with van der Waals surface area (Å²) in [4.78, 5) is 19.4. The highest BCUT2D eigenvalue weighted by Crippen LogP contribution is 2.39. The third kappa shape index (κ3) is 6.37. The second-order valence-electron chi connectivity index (χ2n) is 10.1. The maximum absolute atomic E-state index is 14.3. The molecule has 0 radical (unpaired) electrons. The van der Waals surface area contributed by atoms with Crippen LogP contribution in [0.25, 0.3) is 0 Å². The van der Waals surface area contributed by atoms with Gasteiger partial charge in [0.2, 0.25) is 5.91 Å². The van der Waals surface area contributed by atoms with Crippen LogP contribution in [0, 0.1) is 11.6 Å². The van der Waals surface area contributed by atoms with Gasteiger partial charge in [-0.15, -0.1) is 0 Å². The van der Waals surface area contributed by atoms with Gasteiger partial charge in [0.15, 0.2) is 0 Å². The summed E-state index contributed by atoms with van der Waals surface area (Å²) >= 11 is 0. The summed E-state index contributed by atoms with van der Waals surface area (Å²) < 4.78 is 27.9. The van der Waals surface area contributed by atoms with Crippen molar-refractivity contribution >= 4 is 11.6 Å². The number of anilines is 1. The highest BCUT2D eigenvalue weighted by molar-refractivity contribution is 5.76. The van der Waals surface area contributed by atoms with Crippen LogP contribution in [0.15, 0.2) is 72.8 Å². The minimum atomic E-state index is -0.240. The molecule has 1 fully saturated rings. The standard InChI is InChI=1S/C31H35F2N3O/c32-26-11-9-25(10-12-26)28-7-4-16-35(30-23-27(33)13-14-29(28)30)20-17-34-18-21-36(22-19-34)31(37)15-8-24-5-2-1-3-6-24/h1-3,5-6,9-14,23,28H,4,7-8,15-22H2. The van der Waals surface area contributed by atoms with Crippen LogP contribution in [-0.2, 0) is 11.2 Å². The summed E-state index contributed by atoms with van der Waals surface area (Å²) in [5.41, 5.74) is 4.33. The van der Waals surface area contributed by atoms with Gasteiger partial charge in [0.25, 0.3) is 0 Å². The molecule has 0 N–H and O–H groups in total. The van der Waals surface area contributed by atoms with Gasteiger partial charge in [-0.2, -0.15) is 0 Å². The van der Waals surface area contributed by atoms with E-state index in [4.69, 9.17) is 0 Å². The van der Waals surface area contributed by atoms with Crippen LogP contribution in [-0.4, -0.2) is 61.5 Å². The van der Waals surface area contributed by atoms with E-state index >= 15 is 0 Å². The van der Waals surface area contributed by atoms with Crippen LogP contribution in [0.2, 0.25) is 0 Å². The summed E-state index contributed by atoms with van der Waals surface area (Å²) in [6, 6.07) is 22.0. The number of carbonyl (C=O) groups is 1. The largest absolute Gasteiger partial charge is 0.370 e. The number of hydrogen-bond acceptors (Lipinski definition) is 3. The summed E-state index contributed by atoms with van der Waals surface area (Å²) in [6.45, 7) is 5.79. The van der Waals surface area contributed by atoms with Gasteiger partial charge < -0.3 is 9.80 Å². The molecule has 0 spiro atoms. The van der Waals surface area contributed by atoms with Crippen molar-refractivity contribution in [2.24, 2.45) is 0 Å². The van der Waals surface area contributed by atoms with E-state index in [0.717, 1.165) is 81.9 Å². The number of nitrogens with zero attached hydrogens (tertiary/aromatic N) is 3. The fraction of sp³-hybridized carbons (Fsp3) is 0.387. The summed E-state index contributed by atoms with van der Waals surface area (Å²) in [5.74, 6) is -0.110. The van der Waals surface area contributed by atoms with Gasteiger partial charge >= 0.3 is 0 Å². The Hall–Kier alpha value is -3.25. The lowest BCUT2D eigenvalue weighted by Crippen LogP contribution is -2.50. The topological polar surface area (TPSA) is 26.8 Å². The molecule has 194 valence electrons. The SMILES string of the molecule is O=C(CCc1ccccc1)N1CCN(CCN2CCCC(c3ccc(F)cc3)c3ccc(F)cc32)CC1. The van der Waals surface area contributed by atoms with E-state index in [1.165, 1.54) is 23.8 Å². The predicted octanol–water partition coefficient (Wildman–Crippen LogP) is 5.47. The molecule has 0 bridgehead atoms. The average Bonchev–Trinajstić information content (AvgIpc) is 3.11. The van der Waals surface area contributed by atoms with Crippen molar-refractivity contribution in [1.82, 2.24) is 9.80 Å². The minimum absolute atomic E-state index is 0.131. The number of aryl methyl sites for hydroxylation is 1. The molecule has 0 aliphatic carbocycles. The van der Waals surface area contributed by atoms with Gasteiger partial charge in [0.05, 0.1) is 0 Å². The number of piperazine rings is 1. The number of carbonyl (C=O) groups excluding carboxylic acids is 1. The number of fused-ring (bicyclic) bond motifs is 1. The quantitative estimate of drug-likeness (QED) is 0.428. The van der Waals surface area contributed by atoms with Crippen molar-refractivity contribution in [3.8, 4) is 0 Å². The van der Waals surface area contributed by atoms with Crippen molar-refractivity contribution in [1.29, 1.82) is 0 Å². The first kappa shape index (κ1) is 25.4. The van der Waals surface area contributed by atoms with Crippen LogP contribution in [0.3, 0.4) is 0 Å². The molecular weight excluding hydrogens is 468 g/mol. The van der Waals surface area contributed by atoms with Crippen LogP contribution in [0.4, 0.5) is 14.5 Å². The number of benzene rings is 3. The van der Waals surface area contributed by atoms with E-state index < -0.39 is 0 Å². The Morgan fingerprint density at radius 1 is 0.811 bits per heavy atom. The Kier molecular flexibility index (Phi) is 8.15. The van der Waals surface area contributed by atoms with Crippen molar-refractivity contribution in [3.63, 3.8) is 0 Å². The third-order valence-electron chi connectivity index (χ3n) is 7.78. The highest BCUT2D eigenvalue weighted by atomic mass is 19.1. The average molecular weight is 504 g/mol. The van der Waals surface area contributed by atoms with Gasteiger partial charge in [-0.25, -0.2) is 8.78 Å². The molecule has 1 saturated heterocycles. The lowest BCUT2D eigenvalue weighted by Gasteiger charge is -2.36. The molecule has 3 aromatic rings. The second-order valence-corrected chi connectivity index (χ2v) is 10.1. The summed E-state index contributed by atoms with van der Waals surface area (Å²) in [7, 11) is 0. The fourth-order valence-corrected chi connectivity index (χ4v) is 5.66. The first-order valence-corrected chi connectivity index (χ1v) is 13.4. The number of amides is 1. The summed E-state index contributed by atoms with van der Waals surface area (Å²) in [5, 5.41) is 0. The zero-order chi connectivity index (χ0) is 25.6. The van der Waals surface area contributed by atoms with E-state index in [0.29, 0.717) is 6.42 Å². The molecule has 37 heavy (non-hydrogen) atoms. The van der Waals surface area contributed by atoms with Crippen LogP contribution in [0.1, 0.15) is 41.9 Å². The molecule has 3 aromatic carbocycles. The Balaban J connectivity index is 1.17. The Morgan fingerprint density at radius 3 is 2.30 bits per heavy atom. The lowest BCUT2D eigenvalue weighted by atomic mass is 9.87. The normalized spacial score (nSPS) is 18.4. The molecule has 2 heterocycles. The molecule has 2 aliphatic rings. The fourth-order valence-electron chi connectivity index (χ4n) is 5.66. The third-order valence-corrected chi connectivity index (χ3v) is 7.78. The van der Waals surface area contributed by atoms with E-state index in [1.54, 1.807) is 6.07 Å². The maximum Gasteiger partial charge on any atom is 0.222 e. The minimum Gasteiger partial charge on any atom is -0.370 e. The Morgan fingerprint density at radius 2 is 1.54 bits per heavy atom. The van der Waals surface area contributed by atoms with Gasteiger partial charge in [0.1, 0.15) is 11.6 Å². The van der Waals surface area contributed by atoms with Crippen LogP contribution in [0.5, 0.6) is 0 Å². The van der Waals surface area contributed by atoms with Crippen LogP contribution >= 0.6 is 0 Å². The Bertz CT molecular complexity index is 1180. The van der Waals surface area contributed by atoms with Gasteiger partial charge in [-0.3, -0.25) is 9.69 Å². The van der Waals surface area contributed by atoms with E-state index in [-0.39, 0.29) is 23.5 Å². The maximum atomic E-state index is 14.3. The monoisotopic (exact) mass is 503 g/mol. The Labute approximate surface area is 218 Å². The van der Waals surface area contributed by atoms with Crippen molar-refractivity contribution in [2.75, 3.05) is 50.7 Å². The lowest BCUT2D eigenvalue weighted by molar-refractivity contribution is -0.132. The number of halogens is 2. The van der Waals surface area contributed by atoms with Gasteiger partial charge in [-0.1, -0.05) is 48.5 Å². The highest BCUT2D eigenvalue weighted by Gasteiger charge is 2.26. The molecule has 1 unspecified atom stereocenters. The van der Waals surface area contributed by atoms with Gasteiger partial charge in [-0.05, 0) is 60.2 Å². The van der Waals surface area contributed by atoms with Crippen molar-refractivity contribution in [3.05, 3.63) is 101 Å². The number of rotatable bonds is 7. The molecule has 1 atom stereocenters. The molecule has 6 heteroatoms. The first-order valence-electron chi connectivity index (χ1n) is 13.4. The van der Waals surface area contributed by atoms with E-state index in [9.17, 15) is 13.6 Å². The number of hydrogen-bond donors (Lipinski definition) is 0. The second kappa shape index (κ2) is 11.9.